The maximum atomic E-state index is 12.0. The van der Waals surface area contributed by atoms with E-state index in [4.69, 9.17) is 5.11 Å². The van der Waals surface area contributed by atoms with Gasteiger partial charge in [0.25, 0.3) is 0 Å². The molecule has 19 heavy (non-hydrogen) atoms. The predicted octanol–water partition coefficient (Wildman–Crippen LogP) is 0.510. The summed E-state index contributed by atoms with van der Waals surface area (Å²) in [6, 6.07) is -2.02. The monoisotopic (exact) mass is 284 g/mol. The number of likely N-dealkylation sites (tertiary alicyclic amines) is 1. The van der Waals surface area contributed by atoms with E-state index >= 15 is 0 Å². The molecule has 0 spiro atoms. The zero-order chi connectivity index (χ0) is 14.8. The number of amides is 2. The van der Waals surface area contributed by atoms with Crippen molar-refractivity contribution in [1.82, 2.24) is 9.80 Å². The van der Waals surface area contributed by atoms with Gasteiger partial charge in [-0.3, -0.25) is 0 Å². The molecule has 2 N–H and O–H groups in total. The van der Waals surface area contributed by atoms with E-state index in [0.29, 0.717) is 0 Å². The number of aliphatic carboxylic acids is 1. The lowest BCUT2D eigenvalue weighted by molar-refractivity contribution is -0.142. The quantitative estimate of drug-likeness (QED) is 0.791. The minimum absolute atomic E-state index is 0.117. The smallest absolute Gasteiger partial charge is 0.390 e. The summed E-state index contributed by atoms with van der Waals surface area (Å²) in [7, 11) is 1.16. The normalized spacial score (nSPS) is 23.5. The van der Waals surface area contributed by atoms with Crippen molar-refractivity contribution in [1.29, 1.82) is 0 Å². The molecule has 1 rings (SSSR count). The van der Waals surface area contributed by atoms with Crippen LogP contribution >= 0.6 is 0 Å². The second-order valence-corrected chi connectivity index (χ2v) is 4.47. The van der Waals surface area contributed by atoms with Gasteiger partial charge in [0.1, 0.15) is 6.04 Å². The van der Waals surface area contributed by atoms with Crippen LogP contribution in [0.1, 0.15) is 12.8 Å². The molecule has 2 atom stereocenters. The number of nitrogens with zero attached hydrogens (tertiary/aromatic N) is 2. The summed E-state index contributed by atoms with van der Waals surface area (Å²) in [4.78, 5) is 24.4. The molecule has 1 aliphatic heterocycles. The van der Waals surface area contributed by atoms with Crippen molar-refractivity contribution in [3.63, 3.8) is 0 Å². The van der Waals surface area contributed by atoms with E-state index < -0.39 is 43.3 Å². The van der Waals surface area contributed by atoms with Gasteiger partial charge in [0.15, 0.2) is 0 Å². The van der Waals surface area contributed by atoms with Crippen LogP contribution in [-0.4, -0.2) is 70.5 Å². The number of alkyl halides is 3. The number of carbonyl (C=O) groups excluding carboxylic acids is 1. The number of urea groups is 1. The fourth-order valence-corrected chi connectivity index (χ4v) is 1.87. The first-order chi connectivity index (χ1) is 8.61. The highest BCUT2D eigenvalue weighted by Crippen LogP contribution is 2.22. The Hall–Kier alpha value is -1.51. The Morgan fingerprint density at radius 3 is 2.47 bits per heavy atom. The lowest BCUT2D eigenvalue weighted by atomic mass is 10.2. The highest BCUT2D eigenvalue weighted by Gasteiger charge is 2.40. The van der Waals surface area contributed by atoms with Crippen LogP contribution in [-0.2, 0) is 4.79 Å². The van der Waals surface area contributed by atoms with E-state index in [1.54, 1.807) is 0 Å². The van der Waals surface area contributed by atoms with Crippen molar-refractivity contribution < 1.29 is 33.0 Å². The van der Waals surface area contributed by atoms with Gasteiger partial charge in [-0.1, -0.05) is 0 Å². The summed E-state index contributed by atoms with van der Waals surface area (Å²) >= 11 is 0. The first-order valence-electron chi connectivity index (χ1n) is 5.61. The third-order valence-corrected chi connectivity index (χ3v) is 2.87. The molecule has 1 saturated heterocycles. The Morgan fingerprint density at radius 1 is 1.42 bits per heavy atom. The molecule has 0 saturated carbocycles. The summed E-state index contributed by atoms with van der Waals surface area (Å²) in [6.07, 6.45) is -6.64. The number of halogens is 3. The number of carboxylic acid groups (broad SMARTS) is 1. The van der Waals surface area contributed by atoms with Crippen molar-refractivity contribution in [2.45, 2.75) is 31.2 Å². The number of β-amino-alcohol motifs (C(OH)–C–C–N with tert-alkyl or cyclic N) is 1. The SMILES string of the molecule is CN(CCC(F)(F)F)C(=O)N1CC(O)CC1C(=O)O. The summed E-state index contributed by atoms with van der Waals surface area (Å²) < 4.78 is 36.1. The van der Waals surface area contributed by atoms with E-state index in [9.17, 15) is 27.9 Å². The van der Waals surface area contributed by atoms with Crippen LogP contribution in [0.15, 0.2) is 0 Å². The largest absolute Gasteiger partial charge is 0.480 e. The molecule has 1 heterocycles. The summed E-state index contributed by atoms with van der Waals surface area (Å²) in [5.74, 6) is -1.28. The fraction of sp³-hybridized carbons (Fsp3) is 0.800. The second-order valence-electron chi connectivity index (χ2n) is 4.47. The molecule has 0 aliphatic carbocycles. The molecule has 0 aromatic carbocycles. The van der Waals surface area contributed by atoms with Crippen molar-refractivity contribution in [2.75, 3.05) is 20.1 Å². The van der Waals surface area contributed by atoms with Crippen LogP contribution in [0.2, 0.25) is 0 Å². The Kier molecular flexibility index (Phi) is 4.61. The van der Waals surface area contributed by atoms with Gasteiger partial charge in [-0.2, -0.15) is 13.2 Å². The summed E-state index contributed by atoms with van der Waals surface area (Å²) in [6.45, 7) is -0.743. The van der Waals surface area contributed by atoms with Gasteiger partial charge in [-0.15, -0.1) is 0 Å². The predicted molar refractivity (Wildman–Crippen MR) is 57.5 cm³/mol. The third-order valence-electron chi connectivity index (χ3n) is 2.87. The number of carbonyl (C=O) groups is 2. The second kappa shape index (κ2) is 5.64. The van der Waals surface area contributed by atoms with Gasteiger partial charge in [-0.25, -0.2) is 9.59 Å². The first-order valence-corrected chi connectivity index (χ1v) is 5.61. The van der Waals surface area contributed by atoms with Crippen LogP contribution in [0.4, 0.5) is 18.0 Å². The topological polar surface area (TPSA) is 81.1 Å². The molecular weight excluding hydrogens is 269 g/mol. The molecule has 9 heteroatoms. The molecule has 110 valence electrons. The number of carboxylic acids is 1. The average molecular weight is 284 g/mol. The number of hydrogen-bond acceptors (Lipinski definition) is 3. The number of aliphatic hydroxyl groups is 1. The number of rotatable bonds is 3. The zero-order valence-electron chi connectivity index (χ0n) is 10.2. The van der Waals surface area contributed by atoms with E-state index in [0.717, 1.165) is 16.8 Å². The molecule has 0 aromatic heterocycles. The minimum Gasteiger partial charge on any atom is -0.480 e. The maximum absolute atomic E-state index is 12.0. The van der Waals surface area contributed by atoms with Crippen LogP contribution in [0.3, 0.4) is 0 Å². The van der Waals surface area contributed by atoms with E-state index in [1.165, 1.54) is 0 Å². The van der Waals surface area contributed by atoms with Gasteiger partial charge in [0.2, 0.25) is 0 Å². The molecular formula is C10H15F3N2O4. The van der Waals surface area contributed by atoms with Crippen molar-refractivity contribution in [3.05, 3.63) is 0 Å². The Bertz CT molecular complexity index is 361. The van der Waals surface area contributed by atoms with Crippen LogP contribution in [0, 0.1) is 0 Å². The van der Waals surface area contributed by atoms with Crippen molar-refractivity contribution >= 4 is 12.0 Å². The number of aliphatic hydroxyl groups excluding tert-OH is 1. The van der Waals surface area contributed by atoms with Gasteiger partial charge >= 0.3 is 18.2 Å². The van der Waals surface area contributed by atoms with E-state index in [-0.39, 0.29) is 13.0 Å². The lowest BCUT2D eigenvalue weighted by Gasteiger charge is -2.27. The first kappa shape index (κ1) is 15.5. The highest BCUT2D eigenvalue weighted by molar-refractivity contribution is 5.83. The molecule has 0 aromatic rings. The molecule has 0 radical (unpaired) electrons. The Balaban J connectivity index is 2.63. The average Bonchev–Trinajstić information content (AvgIpc) is 2.66. The molecule has 2 unspecified atom stereocenters. The van der Waals surface area contributed by atoms with Gasteiger partial charge < -0.3 is 20.0 Å². The molecule has 6 nitrogen and oxygen atoms in total. The van der Waals surface area contributed by atoms with Gasteiger partial charge in [-0.05, 0) is 0 Å². The van der Waals surface area contributed by atoms with Gasteiger partial charge in [0, 0.05) is 26.6 Å². The maximum Gasteiger partial charge on any atom is 0.390 e. The highest BCUT2D eigenvalue weighted by atomic mass is 19.4. The standard InChI is InChI=1S/C10H15F3N2O4/c1-14(3-2-10(11,12)13)9(19)15-5-6(16)4-7(15)8(17)18/h6-7,16H,2-5H2,1H3,(H,17,18). The van der Waals surface area contributed by atoms with Crippen LogP contribution in [0.5, 0.6) is 0 Å². The Morgan fingerprint density at radius 2 is 2.00 bits per heavy atom. The van der Waals surface area contributed by atoms with Gasteiger partial charge in [0.05, 0.1) is 12.5 Å². The zero-order valence-corrected chi connectivity index (χ0v) is 10.2. The third kappa shape index (κ3) is 4.27. The molecule has 0 bridgehead atoms. The Labute approximate surface area is 107 Å². The fourth-order valence-electron chi connectivity index (χ4n) is 1.87. The van der Waals surface area contributed by atoms with E-state index in [1.807, 2.05) is 0 Å². The summed E-state index contributed by atoms with van der Waals surface area (Å²) in [5.41, 5.74) is 0. The van der Waals surface area contributed by atoms with Crippen molar-refractivity contribution in [3.8, 4) is 0 Å². The minimum atomic E-state index is -4.38. The molecule has 1 aliphatic rings. The number of hydrogen-bond donors (Lipinski definition) is 2. The van der Waals surface area contributed by atoms with Crippen LogP contribution in [0.25, 0.3) is 0 Å². The molecule has 1 fully saturated rings. The summed E-state index contributed by atoms with van der Waals surface area (Å²) in [5, 5.41) is 18.2. The van der Waals surface area contributed by atoms with Crippen molar-refractivity contribution in [2.24, 2.45) is 0 Å². The van der Waals surface area contributed by atoms with Crippen LogP contribution < -0.4 is 0 Å². The lowest BCUT2D eigenvalue weighted by Crippen LogP contribution is -2.47. The van der Waals surface area contributed by atoms with E-state index in [2.05, 4.69) is 0 Å². The molecule has 2 amide bonds.